The van der Waals surface area contributed by atoms with Crippen molar-refractivity contribution in [2.45, 2.75) is 25.8 Å². The summed E-state index contributed by atoms with van der Waals surface area (Å²) in [7, 11) is 0. The Kier molecular flexibility index (Phi) is 5.11. The van der Waals surface area contributed by atoms with E-state index in [4.69, 9.17) is 9.15 Å². The molecule has 6 rings (SSSR count). The first-order chi connectivity index (χ1) is 16.2. The molecule has 0 N–H and O–H groups in total. The Balaban J connectivity index is 1.23. The summed E-state index contributed by atoms with van der Waals surface area (Å²) < 4.78 is 13.0. The van der Waals surface area contributed by atoms with Gasteiger partial charge in [0.15, 0.2) is 11.5 Å². The Morgan fingerprint density at radius 2 is 1.82 bits per heavy atom. The molecule has 2 aliphatic rings. The highest BCUT2D eigenvalue weighted by Crippen LogP contribution is 2.26. The number of oxazole rings is 1. The van der Waals surface area contributed by atoms with Gasteiger partial charge in [-0.2, -0.15) is 0 Å². The van der Waals surface area contributed by atoms with Gasteiger partial charge in [0.25, 0.3) is 5.91 Å². The third kappa shape index (κ3) is 3.79. The van der Waals surface area contributed by atoms with Crippen LogP contribution in [0.25, 0.3) is 27.9 Å². The highest BCUT2D eigenvalue weighted by Gasteiger charge is 2.29. The number of ether oxygens (including phenoxy) is 1. The molecule has 0 spiro atoms. The minimum Gasteiger partial charge on any atom is -0.441 e. The second kappa shape index (κ2) is 8.28. The van der Waals surface area contributed by atoms with Crippen LogP contribution in [0.4, 0.5) is 0 Å². The summed E-state index contributed by atoms with van der Waals surface area (Å²) in [5.41, 5.74) is 5.00. The number of amides is 1. The zero-order chi connectivity index (χ0) is 22.4. The number of morpholine rings is 1. The molecule has 0 unspecified atom stereocenters. The van der Waals surface area contributed by atoms with Crippen LogP contribution in [0.3, 0.4) is 0 Å². The largest absolute Gasteiger partial charge is 0.441 e. The molecule has 0 bridgehead atoms. The van der Waals surface area contributed by atoms with E-state index in [2.05, 4.69) is 14.9 Å². The van der Waals surface area contributed by atoms with Crippen molar-refractivity contribution in [3.05, 3.63) is 54.3 Å². The van der Waals surface area contributed by atoms with Crippen LogP contribution < -0.4 is 0 Å². The Labute approximate surface area is 191 Å². The Morgan fingerprint density at radius 3 is 2.64 bits per heavy atom. The molecule has 2 fully saturated rings. The average Bonchev–Trinajstić information content (AvgIpc) is 3.45. The third-order valence-electron chi connectivity index (χ3n) is 6.87. The molecule has 0 saturated carbocycles. The number of piperidine rings is 1. The molecular formula is C25H27N5O3. The highest BCUT2D eigenvalue weighted by molar-refractivity contribution is 5.93. The fraction of sp³-hybridized carbons (Fsp3) is 0.400. The number of nitrogens with zero attached hydrogens (tertiary/aromatic N) is 5. The molecule has 5 heterocycles. The van der Waals surface area contributed by atoms with Gasteiger partial charge in [0.2, 0.25) is 0 Å². The van der Waals surface area contributed by atoms with Crippen LogP contribution >= 0.6 is 0 Å². The number of pyridine rings is 1. The molecule has 170 valence electrons. The summed E-state index contributed by atoms with van der Waals surface area (Å²) in [6.45, 7) is 7.01. The minimum absolute atomic E-state index is 0.0441. The van der Waals surface area contributed by atoms with Crippen molar-refractivity contribution in [1.82, 2.24) is 24.2 Å². The van der Waals surface area contributed by atoms with E-state index in [1.54, 1.807) is 6.20 Å². The van der Waals surface area contributed by atoms with E-state index in [9.17, 15) is 4.79 Å². The first-order valence-electron chi connectivity index (χ1n) is 11.6. The zero-order valence-electron chi connectivity index (χ0n) is 18.7. The molecule has 33 heavy (non-hydrogen) atoms. The van der Waals surface area contributed by atoms with Crippen molar-refractivity contribution >= 4 is 22.7 Å². The van der Waals surface area contributed by atoms with Crippen LogP contribution in [0, 0.1) is 6.92 Å². The molecule has 8 heteroatoms. The molecule has 0 aliphatic carbocycles. The quantitative estimate of drug-likeness (QED) is 0.481. The predicted molar refractivity (Wildman–Crippen MR) is 124 cm³/mol. The van der Waals surface area contributed by atoms with Gasteiger partial charge in [0.05, 0.1) is 19.4 Å². The van der Waals surface area contributed by atoms with Crippen LogP contribution in [0.1, 0.15) is 29.2 Å². The molecule has 2 aliphatic heterocycles. The Morgan fingerprint density at radius 1 is 1.03 bits per heavy atom. The minimum atomic E-state index is 0.0441. The van der Waals surface area contributed by atoms with Gasteiger partial charge in [-0.15, -0.1) is 0 Å². The molecule has 4 aromatic rings. The Bertz CT molecular complexity index is 1310. The number of hydrogen-bond acceptors (Lipinski definition) is 6. The van der Waals surface area contributed by atoms with Crippen LogP contribution in [0.2, 0.25) is 0 Å². The van der Waals surface area contributed by atoms with Crippen molar-refractivity contribution in [3.8, 4) is 11.1 Å². The maximum absolute atomic E-state index is 13.4. The van der Waals surface area contributed by atoms with Gasteiger partial charge >= 0.3 is 0 Å². The van der Waals surface area contributed by atoms with Gasteiger partial charge in [-0.3, -0.25) is 14.1 Å². The summed E-state index contributed by atoms with van der Waals surface area (Å²) in [6.07, 6.45) is 5.69. The van der Waals surface area contributed by atoms with Gasteiger partial charge in [0.1, 0.15) is 16.9 Å². The number of carbonyl (C=O) groups is 1. The summed E-state index contributed by atoms with van der Waals surface area (Å²) in [5, 5.41) is 0. The van der Waals surface area contributed by atoms with Crippen molar-refractivity contribution in [2.75, 3.05) is 39.4 Å². The van der Waals surface area contributed by atoms with E-state index in [0.717, 1.165) is 80.1 Å². The first kappa shape index (κ1) is 20.4. The lowest BCUT2D eigenvalue weighted by molar-refractivity contribution is 0.00152. The maximum Gasteiger partial charge on any atom is 0.272 e. The van der Waals surface area contributed by atoms with E-state index in [1.165, 1.54) is 0 Å². The lowest BCUT2D eigenvalue weighted by atomic mass is 10.0. The predicted octanol–water partition coefficient (Wildman–Crippen LogP) is 3.39. The molecule has 0 atom stereocenters. The second-order valence-corrected chi connectivity index (χ2v) is 8.88. The number of aromatic nitrogens is 3. The summed E-state index contributed by atoms with van der Waals surface area (Å²) in [5.74, 6) is 0.695. The van der Waals surface area contributed by atoms with Gasteiger partial charge < -0.3 is 14.1 Å². The van der Waals surface area contributed by atoms with E-state index < -0.39 is 0 Å². The van der Waals surface area contributed by atoms with Gasteiger partial charge in [-0.05, 0) is 48.2 Å². The number of carbonyl (C=O) groups excluding carboxylic acids is 1. The SMILES string of the molecule is Cc1nc2cc(-c3ccc4ncc(C(=O)N5CCC(N6CCOCC6)CC5)n4c3)ccc2o1. The smallest absolute Gasteiger partial charge is 0.272 e. The summed E-state index contributed by atoms with van der Waals surface area (Å²) in [4.78, 5) is 26.8. The van der Waals surface area contributed by atoms with Crippen molar-refractivity contribution < 1.29 is 13.9 Å². The Hall–Kier alpha value is -3.23. The highest BCUT2D eigenvalue weighted by atomic mass is 16.5. The first-order valence-corrected chi connectivity index (χ1v) is 11.6. The van der Waals surface area contributed by atoms with Crippen LogP contribution in [0.5, 0.6) is 0 Å². The molecule has 1 aromatic carbocycles. The zero-order valence-corrected chi connectivity index (χ0v) is 18.7. The van der Waals surface area contributed by atoms with Crippen molar-refractivity contribution in [2.24, 2.45) is 0 Å². The van der Waals surface area contributed by atoms with Crippen LogP contribution in [-0.2, 0) is 4.74 Å². The van der Waals surface area contributed by atoms with E-state index in [1.807, 2.05) is 52.8 Å². The average molecular weight is 446 g/mol. The molecule has 8 nitrogen and oxygen atoms in total. The molecule has 1 amide bonds. The lowest BCUT2D eigenvalue weighted by Crippen LogP contribution is -2.50. The normalized spacial score (nSPS) is 18.4. The summed E-state index contributed by atoms with van der Waals surface area (Å²) >= 11 is 0. The van der Waals surface area contributed by atoms with Crippen molar-refractivity contribution in [3.63, 3.8) is 0 Å². The van der Waals surface area contributed by atoms with Crippen LogP contribution in [-0.4, -0.2) is 75.5 Å². The molecule has 0 radical (unpaired) electrons. The number of rotatable bonds is 3. The van der Waals surface area contributed by atoms with Crippen molar-refractivity contribution in [1.29, 1.82) is 0 Å². The van der Waals surface area contributed by atoms with E-state index in [-0.39, 0.29) is 5.91 Å². The standard InChI is InChI=1S/C25H27N5O3/c1-17-27-21-14-18(2-4-23(21)33-17)19-3-5-24-26-15-22(30(24)16-19)25(31)29-8-6-20(7-9-29)28-10-12-32-13-11-28/h2-5,14-16,20H,6-13H2,1H3. The number of aryl methyl sites for hydroxylation is 1. The van der Waals surface area contributed by atoms with E-state index in [0.29, 0.717) is 17.6 Å². The fourth-order valence-electron chi connectivity index (χ4n) is 5.07. The number of likely N-dealkylation sites (tertiary alicyclic amines) is 1. The van der Waals surface area contributed by atoms with Gasteiger partial charge in [-0.1, -0.05) is 6.07 Å². The second-order valence-electron chi connectivity index (χ2n) is 8.88. The topological polar surface area (TPSA) is 76.1 Å². The number of benzene rings is 1. The maximum atomic E-state index is 13.4. The summed E-state index contributed by atoms with van der Waals surface area (Å²) in [6, 6.07) is 10.5. The fourth-order valence-corrected chi connectivity index (χ4v) is 5.07. The van der Waals surface area contributed by atoms with E-state index >= 15 is 0 Å². The number of imidazole rings is 1. The van der Waals surface area contributed by atoms with Gasteiger partial charge in [-0.25, -0.2) is 9.97 Å². The van der Waals surface area contributed by atoms with Crippen LogP contribution in [0.15, 0.2) is 47.1 Å². The molecule has 2 saturated heterocycles. The number of hydrogen-bond donors (Lipinski definition) is 0. The molecular weight excluding hydrogens is 418 g/mol. The van der Waals surface area contributed by atoms with Gasteiger partial charge in [0, 0.05) is 45.3 Å². The number of fused-ring (bicyclic) bond motifs is 2. The lowest BCUT2D eigenvalue weighted by Gasteiger charge is -2.40. The third-order valence-corrected chi connectivity index (χ3v) is 6.87. The monoisotopic (exact) mass is 445 g/mol. The molecule has 3 aromatic heterocycles.